The van der Waals surface area contributed by atoms with Gasteiger partial charge in [0, 0.05) is 19.6 Å². The lowest BCUT2D eigenvalue weighted by molar-refractivity contribution is -0.221. The molecule has 2 aliphatic rings. The monoisotopic (exact) mass is 279 g/mol. The van der Waals surface area contributed by atoms with Gasteiger partial charge in [0.05, 0.1) is 6.54 Å². The molecule has 2 fully saturated rings. The van der Waals surface area contributed by atoms with Crippen LogP contribution in [0.5, 0.6) is 0 Å². The lowest BCUT2D eigenvalue weighted by Gasteiger charge is -2.34. The summed E-state index contributed by atoms with van der Waals surface area (Å²) in [5.74, 6) is -1.39. The Morgan fingerprint density at radius 3 is 2.63 bits per heavy atom. The molecule has 0 aromatic carbocycles. The van der Waals surface area contributed by atoms with E-state index in [-0.39, 0.29) is 26.1 Å². The van der Waals surface area contributed by atoms with E-state index in [9.17, 15) is 22.8 Å². The predicted octanol–water partition coefficient (Wildman–Crippen LogP) is -0.123. The summed E-state index contributed by atoms with van der Waals surface area (Å²) in [6, 6.07) is 0. The SMILES string of the molecule is O=C1CN(C(=O)C2(C(F)(F)F)CCNC2)CCCN1. The number of halogens is 3. The summed E-state index contributed by atoms with van der Waals surface area (Å²) >= 11 is 0. The molecule has 2 N–H and O–H groups in total. The molecule has 0 aliphatic carbocycles. The fraction of sp³-hybridized carbons (Fsp3) is 0.818. The number of hydrogen-bond acceptors (Lipinski definition) is 3. The molecule has 0 spiro atoms. The summed E-state index contributed by atoms with van der Waals surface area (Å²) in [4.78, 5) is 24.6. The third kappa shape index (κ3) is 2.54. The Morgan fingerprint density at radius 2 is 2.05 bits per heavy atom. The van der Waals surface area contributed by atoms with Crippen LogP contribution >= 0.6 is 0 Å². The Kier molecular flexibility index (Phi) is 3.71. The second-order valence-corrected chi connectivity index (χ2v) is 4.94. The first-order chi connectivity index (χ1) is 8.87. The van der Waals surface area contributed by atoms with Crippen LogP contribution in [0.25, 0.3) is 0 Å². The maximum atomic E-state index is 13.2. The van der Waals surface area contributed by atoms with E-state index in [1.165, 1.54) is 0 Å². The van der Waals surface area contributed by atoms with Gasteiger partial charge in [-0.25, -0.2) is 0 Å². The van der Waals surface area contributed by atoms with E-state index in [1.807, 2.05) is 0 Å². The zero-order valence-electron chi connectivity index (χ0n) is 10.3. The molecule has 0 saturated carbocycles. The molecule has 0 aromatic rings. The highest BCUT2D eigenvalue weighted by Crippen LogP contribution is 2.44. The molecule has 108 valence electrons. The van der Waals surface area contributed by atoms with Gasteiger partial charge in [0.2, 0.25) is 11.8 Å². The van der Waals surface area contributed by atoms with Gasteiger partial charge in [-0.2, -0.15) is 13.2 Å². The van der Waals surface area contributed by atoms with Gasteiger partial charge in [-0.1, -0.05) is 0 Å². The first kappa shape index (κ1) is 14.1. The zero-order chi connectivity index (χ0) is 14.1. The number of nitrogens with one attached hydrogen (secondary N) is 2. The van der Waals surface area contributed by atoms with Gasteiger partial charge in [-0.05, 0) is 19.4 Å². The number of nitrogens with zero attached hydrogens (tertiary/aromatic N) is 1. The van der Waals surface area contributed by atoms with Gasteiger partial charge in [0.25, 0.3) is 0 Å². The summed E-state index contributed by atoms with van der Waals surface area (Å²) in [6.07, 6.45) is -4.40. The van der Waals surface area contributed by atoms with Crippen molar-refractivity contribution >= 4 is 11.8 Å². The molecular formula is C11H16F3N3O2. The molecule has 5 nitrogen and oxygen atoms in total. The summed E-state index contributed by atoms with van der Waals surface area (Å²) < 4.78 is 39.7. The maximum absolute atomic E-state index is 13.2. The van der Waals surface area contributed by atoms with Crippen molar-refractivity contribution in [3.63, 3.8) is 0 Å². The number of carbonyl (C=O) groups excluding carboxylic acids is 2. The van der Waals surface area contributed by atoms with Crippen LogP contribution in [0.15, 0.2) is 0 Å². The van der Waals surface area contributed by atoms with Gasteiger partial charge in [0.15, 0.2) is 5.41 Å². The van der Waals surface area contributed by atoms with Crippen molar-refractivity contribution in [3.05, 3.63) is 0 Å². The standard InChI is InChI=1S/C11H16F3N3O2/c12-11(13,14)10(2-4-15-7-10)9(19)17-5-1-3-16-8(18)6-17/h15H,1-7H2,(H,16,18). The molecule has 1 atom stereocenters. The van der Waals surface area contributed by atoms with E-state index in [0.717, 1.165) is 4.90 Å². The summed E-state index contributed by atoms with van der Waals surface area (Å²) in [7, 11) is 0. The number of alkyl halides is 3. The minimum Gasteiger partial charge on any atom is -0.354 e. The molecule has 2 aliphatic heterocycles. The molecule has 8 heteroatoms. The first-order valence-corrected chi connectivity index (χ1v) is 6.20. The highest BCUT2D eigenvalue weighted by Gasteiger charge is 2.62. The highest BCUT2D eigenvalue weighted by molar-refractivity contribution is 5.89. The van der Waals surface area contributed by atoms with Crippen LogP contribution in [0.4, 0.5) is 13.2 Å². The van der Waals surface area contributed by atoms with Gasteiger partial charge in [0.1, 0.15) is 0 Å². The Hall–Kier alpha value is -1.31. The average Bonchev–Trinajstić information content (AvgIpc) is 2.73. The van der Waals surface area contributed by atoms with Crippen LogP contribution < -0.4 is 10.6 Å². The second-order valence-electron chi connectivity index (χ2n) is 4.94. The highest BCUT2D eigenvalue weighted by atomic mass is 19.4. The van der Waals surface area contributed by atoms with Crippen LogP contribution in [-0.4, -0.2) is 55.6 Å². The van der Waals surface area contributed by atoms with Crippen molar-refractivity contribution in [2.75, 3.05) is 32.7 Å². The van der Waals surface area contributed by atoms with Crippen LogP contribution in [0.2, 0.25) is 0 Å². The molecular weight excluding hydrogens is 263 g/mol. The van der Waals surface area contributed by atoms with Gasteiger partial charge < -0.3 is 15.5 Å². The number of hydrogen-bond donors (Lipinski definition) is 2. The lowest BCUT2D eigenvalue weighted by atomic mass is 9.84. The van der Waals surface area contributed by atoms with Gasteiger partial charge in [-0.15, -0.1) is 0 Å². The van der Waals surface area contributed by atoms with Gasteiger partial charge in [-0.3, -0.25) is 9.59 Å². The largest absolute Gasteiger partial charge is 0.404 e. The fourth-order valence-corrected chi connectivity index (χ4v) is 2.52. The third-order valence-electron chi connectivity index (χ3n) is 3.66. The Morgan fingerprint density at radius 1 is 1.32 bits per heavy atom. The van der Waals surface area contributed by atoms with E-state index in [2.05, 4.69) is 10.6 Å². The molecule has 0 bridgehead atoms. The normalized spacial score (nSPS) is 29.0. The maximum Gasteiger partial charge on any atom is 0.404 e. The van der Waals surface area contributed by atoms with E-state index in [1.54, 1.807) is 0 Å². The molecule has 2 rings (SSSR count). The number of carbonyl (C=O) groups is 2. The van der Waals surface area contributed by atoms with Crippen LogP contribution in [0.3, 0.4) is 0 Å². The fourth-order valence-electron chi connectivity index (χ4n) is 2.52. The Balaban J connectivity index is 2.22. The van der Waals surface area contributed by atoms with Crippen molar-refractivity contribution < 1.29 is 22.8 Å². The molecule has 0 radical (unpaired) electrons. The second kappa shape index (κ2) is 4.99. The molecule has 2 saturated heterocycles. The van der Waals surface area contributed by atoms with E-state index >= 15 is 0 Å². The lowest BCUT2D eigenvalue weighted by Crippen LogP contribution is -2.54. The first-order valence-electron chi connectivity index (χ1n) is 6.20. The molecule has 0 aromatic heterocycles. The van der Waals surface area contributed by atoms with Crippen LogP contribution in [0, 0.1) is 5.41 Å². The summed E-state index contributed by atoms with van der Waals surface area (Å²) in [5.41, 5.74) is -2.38. The van der Waals surface area contributed by atoms with E-state index in [4.69, 9.17) is 0 Å². The number of amides is 2. The summed E-state index contributed by atoms with van der Waals surface area (Å²) in [6.45, 7) is 0.0185. The number of rotatable bonds is 1. The Bertz CT molecular complexity index is 378. The van der Waals surface area contributed by atoms with Crippen molar-refractivity contribution in [2.45, 2.75) is 19.0 Å². The minimum atomic E-state index is -4.60. The van der Waals surface area contributed by atoms with Crippen LogP contribution in [-0.2, 0) is 9.59 Å². The smallest absolute Gasteiger partial charge is 0.354 e. The van der Waals surface area contributed by atoms with Crippen molar-refractivity contribution in [2.24, 2.45) is 5.41 Å². The van der Waals surface area contributed by atoms with Gasteiger partial charge >= 0.3 is 6.18 Å². The third-order valence-corrected chi connectivity index (χ3v) is 3.66. The molecule has 2 amide bonds. The Labute approximate surface area is 108 Å². The summed E-state index contributed by atoms with van der Waals surface area (Å²) in [5, 5.41) is 5.14. The molecule has 2 heterocycles. The molecule has 19 heavy (non-hydrogen) atoms. The zero-order valence-corrected chi connectivity index (χ0v) is 10.3. The topological polar surface area (TPSA) is 61.4 Å². The van der Waals surface area contributed by atoms with Crippen LogP contribution in [0.1, 0.15) is 12.8 Å². The quantitative estimate of drug-likeness (QED) is 0.703. The van der Waals surface area contributed by atoms with Crippen molar-refractivity contribution in [1.82, 2.24) is 15.5 Å². The van der Waals surface area contributed by atoms with E-state index < -0.39 is 30.0 Å². The predicted molar refractivity (Wildman–Crippen MR) is 60.2 cm³/mol. The van der Waals surface area contributed by atoms with E-state index in [0.29, 0.717) is 13.0 Å². The minimum absolute atomic E-state index is 0.158. The molecule has 1 unspecified atom stereocenters. The van der Waals surface area contributed by atoms with Crippen molar-refractivity contribution in [3.8, 4) is 0 Å². The van der Waals surface area contributed by atoms with Crippen molar-refractivity contribution in [1.29, 1.82) is 0 Å². The average molecular weight is 279 g/mol.